The fraction of sp³-hybridized carbons (Fsp3) is 0.500. The van der Waals surface area contributed by atoms with Crippen LogP contribution in [0.4, 0.5) is 17.6 Å². The molecule has 1 aliphatic carbocycles. The predicted octanol–water partition coefficient (Wildman–Crippen LogP) is 4.42. The minimum Gasteiger partial charge on any atom is -0.495 e. The lowest BCUT2D eigenvalue weighted by molar-refractivity contribution is 0.379. The number of benzene rings is 1. The van der Waals surface area contributed by atoms with Crippen molar-refractivity contribution in [1.82, 2.24) is 15.0 Å². The van der Waals surface area contributed by atoms with Crippen molar-refractivity contribution in [3.8, 4) is 11.8 Å². The zero-order valence-electron chi connectivity index (χ0n) is 15.1. The van der Waals surface area contributed by atoms with Gasteiger partial charge < -0.3 is 20.1 Å². The lowest BCUT2D eigenvalue weighted by Crippen LogP contribution is -2.20. The number of hydrogen-bond donors (Lipinski definition) is 2. The second-order valence-corrected chi connectivity index (χ2v) is 6.68. The van der Waals surface area contributed by atoms with E-state index in [0.717, 1.165) is 18.5 Å². The molecule has 0 radical (unpaired) electrons. The second-order valence-electron chi connectivity index (χ2n) is 6.28. The van der Waals surface area contributed by atoms with Crippen molar-refractivity contribution >= 4 is 29.2 Å². The van der Waals surface area contributed by atoms with E-state index in [2.05, 4.69) is 25.6 Å². The number of aromatic nitrogens is 3. The van der Waals surface area contributed by atoms with E-state index in [1.807, 2.05) is 6.07 Å². The van der Waals surface area contributed by atoms with Gasteiger partial charge in [0.15, 0.2) is 0 Å². The van der Waals surface area contributed by atoms with Gasteiger partial charge in [0.05, 0.1) is 19.2 Å². The number of halogens is 1. The molecule has 2 aromatic rings. The summed E-state index contributed by atoms with van der Waals surface area (Å²) in [5, 5.41) is 7.07. The topological polar surface area (TPSA) is 81.2 Å². The highest BCUT2D eigenvalue weighted by atomic mass is 35.5. The van der Waals surface area contributed by atoms with Crippen LogP contribution in [0.15, 0.2) is 18.2 Å². The maximum absolute atomic E-state index is 6.17. The number of nitrogens with zero attached hydrogens (tertiary/aromatic N) is 3. The van der Waals surface area contributed by atoms with E-state index in [9.17, 15) is 0 Å². The van der Waals surface area contributed by atoms with Gasteiger partial charge in [-0.15, -0.1) is 0 Å². The number of nitrogens with one attached hydrogen (secondary N) is 2. The van der Waals surface area contributed by atoms with Gasteiger partial charge in [-0.2, -0.15) is 15.0 Å². The molecule has 3 rings (SSSR count). The Kier molecular flexibility index (Phi) is 6.33. The lowest BCUT2D eigenvalue weighted by atomic mass is 10.1. The first-order valence-electron chi connectivity index (χ1n) is 8.85. The Hall–Kier alpha value is -2.28. The third kappa shape index (κ3) is 4.88. The molecule has 0 amide bonds. The first kappa shape index (κ1) is 18.5. The first-order valence-corrected chi connectivity index (χ1v) is 9.23. The Balaban J connectivity index is 1.77. The van der Waals surface area contributed by atoms with Gasteiger partial charge in [-0.3, -0.25) is 0 Å². The van der Waals surface area contributed by atoms with Crippen LogP contribution in [0.3, 0.4) is 0 Å². The molecule has 2 N–H and O–H groups in total. The number of methoxy groups -OCH3 is 2. The Morgan fingerprint density at radius 1 is 0.962 bits per heavy atom. The smallest absolute Gasteiger partial charge is 0.322 e. The van der Waals surface area contributed by atoms with Crippen molar-refractivity contribution < 1.29 is 9.47 Å². The van der Waals surface area contributed by atoms with E-state index in [0.29, 0.717) is 28.7 Å². The summed E-state index contributed by atoms with van der Waals surface area (Å²) in [5.41, 5.74) is 0.754. The van der Waals surface area contributed by atoms with Crippen LogP contribution >= 0.6 is 11.6 Å². The predicted molar refractivity (Wildman–Crippen MR) is 103 cm³/mol. The van der Waals surface area contributed by atoms with Crippen molar-refractivity contribution in [1.29, 1.82) is 0 Å². The molecule has 0 spiro atoms. The average molecular weight is 378 g/mol. The highest BCUT2D eigenvalue weighted by Gasteiger charge is 2.15. The van der Waals surface area contributed by atoms with E-state index in [1.165, 1.54) is 25.7 Å². The molecular formula is C18H24ClN5O2. The molecule has 0 aliphatic heterocycles. The number of rotatable bonds is 6. The Morgan fingerprint density at radius 2 is 1.69 bits per heavy atom. The molecule has 26 heavy (non-hydrogen) atoms. The van der Waals surface area contributed by atoms with Crippen LogP contribution in [0.2, 0.25) is 5.02 Å². The largest absolute Gasteiger partial charge is 0.495 e. The molecule has 1 aromatic heterocycles. The summed E-state index contributed by atoms with van der Waals surface area (Å²) in [5.74, 6) is 1.53. The van der Waals surface area contributed by atoms with Crippen molar-refractivity contribution in [2.24, 2.45) is 0 Å². The highest BCUT2D eigenvalue weighted by molar-refractivity contribution is 6.32. The molecule has 1 aromatic carbocycles. The van der Waals surface area contributed by atoms with Gasteiger partial charge in [0, 0.05) is 11.7 Å². The van der Waals surface area contributed by atoms with Gasteiger partial charge >= 0.3 is 6.01 Å². The zero-order chi connectivity index (χ0) is 18.4. The average Bonchev–Trinajstić information content (AvgIpc) is 2.90. The number of anilines is 3. The van der Waals surface area contributed by atoms with Gasteiger partial charge in [-0.05, 0) is 31.0 Å². The summed E-state index contributed by atoms with van der Waals surface area (Å²) >= 11 is 6.17. The quantitative estimate of drug-likeness (QED) is 0.721. The van der Waals surface area contributed by atoms with Crippen LogP contribution in [-0.2, 0) is 0 Å². The first-order chi connectivity index (χ1) is 12.7. The Morgan fingerprint density at radius 3 is 2.35 bits per heavy atom. The maximum atomic E-state index is 6.17. The van der Waals surface area contributed by atoms with E-state index in [1.54, 1.807) is 26.4 Å². The molecular weight excluding hydrogens is 354 g/mol. The van der Waals surface area contributed by atoms with E-state index in [4.69, 9.17) is 21.1 Å². The van der Waals surface area contributed by atoms with Crippen LogP contribution in [0, 0.1) is 0 Å². The summed E-state index contributed by atoms with van der Waals surface area (Å²) in [6.45, 7) is 0. The molecule has 0 unspecified atom stereocenters. The number of hydrogen-bond acceptors (Lipinski definition) is 7. The monoisotopic (exact) mass is 377 g/mol. The Bertz CT molecular complexity index is 736. The van der Waals surface area contributed by atoms with Crippen LogP contribution in [-0.4, -0.2) is 35.2 Å². The molecule has 8 heteroatoms. The molecule has 1 heterocycles. The molecule has 1 saturated carbocycles. The molecule has 140 valence electrons. The van der Waals surface area contributed by atoms with Gasteiger partial charge in [-0.1, -0.05) is 37.3 Å². The minimum atomic E-state index is 0.262. The zero-order valence-corrected chi connectivity index (χ0v) is 15.8. The van der Waals surface area contributed by atoms with Gasteiger partial charge in [-0.25, -0.2) is 0 Å². The fourth-order valence-electron chi connectivity index (χ4n) is 3.05. The fourth-order valence-corrected chi connectivity index (χ4v) is 3.31. The van der Waals surface area contributed by atoms with Gasteiger partial charge in [0.1, 0.15) is 5.75 Å². The van der Waals surface area contributed by atoms with Crippen LogP contribution < -0.4 is 20.1 Å². The van der Waals surface area contributed by atoms with Crippen molar-refractivity contribution in [3.63, 3.8) is 0 Å². The van der Waals surface area contributed by atoms with Crippen LogP contribution in [0.5, 0.6) is 11.8 Å². The van der Waals surface area contributed by atoms with Crippen molar-refractivity contribution in [3.05, 3.63) is 23.2 Å². The highest BCUT2D eigenvalue weighted by Crippen LogP contribution is 2.28. The summed E-state index contributed by atoms with van der Waals surface area (Å²) in [6.07, 6.45) is 7.31. The van der Waals surface area contributed by atoms with Gasteiger partial charge in [0.2, 0.25) is 11.9 Å². The van der Waals surface area contributed by atoms with E-state index < -0.39 is 0 Å². The minimum absolute atomic E-state index is 0.262. The van der Waals surface area contributed by atoms with Gasteiger partial charge in [0.25, 0.3) is 0 Å². The third-order valence-electron chi connectivity index (χ3n) is 4.39. The van der Waals surface area contributed by atoms with Crippen LogP contribution in [0.25, 0.3) is 0 Å². The van der Waals surface area contributed by atoms with Crippen LogP contribution in [0.1, 0.15) is 38.5 Å². The molecule has 0 bridgehead atoms. The van der Waals surface area contributed by atoms with Crippen molar-refractivity contribution in [2.75, 3.05) is 24.9 Å². The van der Waals surface area contributed by atoms with E-state index >= 15 is 0 Å². The summed E-state index contributed by atoms with van der Waals surface area (Å²) in [6, 6.07) is 6.04. The standard InChI is InChI=1S/C18H24ClN5O2/c1-25-15-10-9-13(11-14(15)19)21-17-22-16(23-18(24-17)26-2)20-12-7-5-3-4-6-8-12/h9-12H,3-8H2,1-2H3,(H2,20,21,22,23,24). The third-order valence-corrected chi connectivity index (χ3v) is 4.69. The summed E-state index contributed by atoms with van der Waals surface area (Å²) in [7, 11) is 3.12. The Labute approximate surface area is 158 Å². The second kappa shape index (κ2) is 8.89. The lowest BCUT2D eigenvalue weighted by Gasteiger charge is -2.17. The molecule has 0 atom stereocenters. The SMILES string of the molecule is COc1nc(Nc2ccc(OC)c(Cl)c2)nc(NC2CCCCCC2)n1. The molecule has 1 aliphatic rings. The van der Waals surface area contributed by atoms with E-state index in [-0.39, 0.29) is 6.01 Å². The number of ether oxygens (including phenoxy) is 2. The normalized spacial score (nSPS) is 15.2. The molecule has 0 saturated heterocycles. The summed E-state index contributed by atoms with van der Waals surface area (Å²) in [4.78, 5) is 13.1. The maximum Gasteiger partial charge on any atom is 0.322 e. The summed E-state index contributed by atoms with van der Waals surface area (Å²) < 4.78 is 10.4. The molecule has 7 nitrogen and oxygen atoms in total. The molecule has 1 fully saturated rings. The van der Waals surface area contributed by atoms with Crippen molar-refractivity contribution in [2.45, 2.75) is 44.6 Å².